The highest BCUT2D eigenvalue weighted by Crippen LogP contribution is 2.30. The Morgan fingerprint density at radius 3 is 0.863 bits per heavy atom. The van der Waals surface area contributed by atoms with E-state index >= 15 is 0 Å². The summed E-state index contributed by atoms with van der Waals surface area (Å²) in [7, 11) is 0. The van der Waals surface area contributed by atoms with Gasteiger partial charge in [0, 0.05) is 16.7 Å². The molecule has 0 aliphatic heterocycles. The molecule has 0 amide bonds. The number of hydrogen-bond donors (Lipinski definition) is 0. The monoisotopic (exact) mass is 1060 g/mol. The van der Waals surface area contributed by atoms with E-state index in [1.807, 2.05) is 0 Å². The van der Waals surface area contributed by atoms with Crippen LogP contribution in [-0.4, -0.2) is 15.0 Å². The molecule has 9 aromatic rings. The molecule has 0 saturated heterocycles. The lowest BCUT2D eigenvalue weighted by atomic mass is 9.94. The third-order valence-electron chi connectivity index (χ3n) is 16.1. The third kappa shape index (κ3) is 18.4. The molecule has 1 heterocycles. The highest BCUT2D eigenvalue weighted by molar-refractivity contribution is 5.71. The number of aryl methyl sites for hydroxylation is 11. The number of nitrogens with zero attached hydrogens (tertiary/aromatic N) is 3. The van der Waals surface area contributed by atoms with E-state index < -0.39 is 0 Å². The van der Waals surface area contributed by atoms with Crippen LogP contribution < -0.4 is 0 Å². The van der Waals surface area contributed by atoms with Crippen LogP contribution in [0.4, 0.5) is 0 Å². The lowest BCUT2D eigenvalue weighted by molar-refractivity contribution is 0.556. The molecule has 0 radical (unpaired) electrons. The van der Waals surface area contributed by atoms with Crippen molar-refractivity contribution < 1.29 is 0 Å². The second-order valence-electron chi connectivity index (χ2n) is 22.9. The van der Waals surface area contributed by atoms with Crippen LogP contribution in [-0.2, 0) is 32.1 Å². The molecule has 8 aromatic carbocycles. The van der Waals surface area contributed by atoms with E-state index in [0.717, 1.165) is 42.4 Å². The molecule has 1 aromatic heterocycles. The van der Waals surface area contributed by atoms with Crippen molar-refractivity contribution in [3.05, 3.63) is 243 Å². The predicted octanol–water partition coefficient (Wildman–Crippen LogP) is 21.3. The van der Waals surface area contributed by atoms with Crippen LogP contribution in [0.1, 0.15) is 158 Å². The first-order valence-corrected chi connectivity index (χ1v) is 30.5. The number of hydrogen-bond acceptors (Lipinski definition) is 3. The summed E-state index contributed by atoms with van der Waals surface area (Å²) in [6, 6.07) is 66.7. The van der Waals surface area contributed by atoms with Crippen molar-refractivity contribution in [3.8, 4) is 56.4 Å². The number of benzene rings is 8. The first-order valence-electron chi connectivity index (χ1n) is 30.5. The van der Waals surface area contributed by atoms with Gasteiger partial charge in [-0.3, -0.25) is 0 Å². The second kappa shape index (κ2) is 30.9. The van der Waals surface area contributed by atoms with Crippen LogP contribution in [0.15, 0.2) is 182 Å². The van der Waals surface area contributed by atoms with E-state index in [9.17, 15) is 0 Å². The minimum absolute atomic E-state index is 0.692. The average Bonchev–Trinajstić information content (AvgIpc) is 3.49. The van der Waals surface area contributed by atoms with E-state index in [2.05, 4.69) is 230 Å². The Bertz CT molecular complexity index is 3240. The van der Waals surface area contributed by atoms with Crippen LogP contribution in [0.3, 0.4) is 0 Å². The lowest BCUT2D eigenvalue weighted by Gasteiger charge is -2.11. The molecule has 3 nitrogen and oxygen atoms in total. The lowest BCUT2D eigenvalue weighted by Crippen LogP contribution is -2.00. The maximum absolute atomic E-state index is 5.02. The van der Waals surface area contributed by atoms with Crippen molar-refractivity contribution in [2.45, 2.75) is 170 Å². The molecule has 0 saturated carbocycles. The van der Waals surface area contributed by atoms with Crippen molar-refractivity contribution >= 4 is 0 Å². The van der Waals surface area contributed by atoms with Gasteiger partial charge in [0.05, 0.1) is 0 Å². The summed E-state index contributed by atoms with van der Waals surface area (Å²) in [5.74, 6) is 2.10. The zero-order valence-corrected chi connectivity index (χ0v) is 49.6. The molecule has 412 valence electrons. The Hall–Kier alpha value is -7.23. The number of unbranched alkanes of at least 4 members (excludes halogenated alkanes) is 11. The van der Waals surface area contributed by atoms with Crippen LogP contribution >= 0.6 is 0 Å². The topological polar surface area (TPSA) is 38.7 Å². The second-order valence-corrected chi connectivity index (χ2v) is 22.9. The Labute approximate surface area is 482 Å². The number of aromatic nitrogens is 3. The van der Waals surface area contributed by atoms with Crippen molar-refractivity contribution in [1.82, 2.24) is 15.0 Å². The summed E-state index contributed by atoms with van der Waals surface area (Å²) in [6.07, 6.45) is 24.3. The van der Waals surface area contributed by atoms with E-state index in [1.165, 1.54) is 180 Å². The smallest absolute Gasteiger partial charge is 0.164 e. The molecule has 9 rings (SSSR count). The summed E-state index contributed by atoms with van der Waals surface area (Å²) < 4.78 is 0. The maximum Gasteiger partial charge on any atom is 0.164 e. The zero-order chi connectivity index (χ0) is 55.9. The highest BCUT2D eigenvalue weighted by atomic mass is 15.0. The van der Waals surface area contributed by atoms with Crippen molar-refractivity contribution in [2.75, 3.05) is 0 Å². The minimum Gasteiger partial charge on any atom is -0.208 e. The molecule has 0 aliphatic carbocycles. The first kappa shape index (κ1) is 58.9. The van der Waals surface area contributed by atoms with E-state index in [4.69, 9.17) is 15.0 Å². The molecule has 0 aliphatic rings. The Balaban J connectivity index is 0.000000269. The molecule has 0 bridgehead atoms. The molecule has 0 N–H and O–H groups in total. The SMILES string of the molecule is CCCCCCCCCCCCc1ccc(-c2nc(-c3ccc(C)cc3)nc(-c3ccc(-c4ccc(CCCCc5ccc(C)cc5)cc4)cc3)n2)cc1.Cc1ccc(CCCCc2ccc(-c3cc(C)c(C)cc3C)cc2)cc1. The third-order valence-corrected chi connectivity index (χ3v) is 16.1. The average molecular weight is 1060 g/mol. The fraction of sp³-hybridized carbons (Fsp3) is 0.338. The zero-order valence-electron chi connectivity index (χ0n) is 49.6. The molecule has 0 unspecified atom stereocenters. The molecule has 0 spiro atoms. The highest BCUT2D eigenvalue weighted by Gasteiger charge is 2.14. The van der Waals surface area contributed by atoms with E-state index in [1.54, 1.807) is 0 Å². The molecule has 0 fully saturated rings. The van der Waals surface area contributed by atoms with Crippen LogP contribution in [0.2, 0.25) is 0 Å². The Kier molecular flexibility index (Phi) is 22.8. The summed E-state index contributed by atoms with van der Waals surface area (Å²) in [4.78, 5) is 15.0. The van der Waals surface area contributed by atoms with E-state index in [-0.39, 0.29) is 0 Å². The quantitative estimate of drug-likeness (QED) is 0.0507. The fourth-order valence-electron chi connectivity index (χ4n) is 10.7. The summed E-state index contributed by atoms with van der Waals surface area (Å²) >= 11 is 0. The van der Waals surface area contributed by atoms with Crippen LogP contribution in [0.5, 0.6) is 0 Å². The summed E-state index contributed by atoms with van der Waals surface area (Å²) in [5, 5.41) is 0. The van der Waals surface area contributed by atoms with Gasteiger partial charge in [-0.05, 0) is 173 Å². The fourth-order valence-corrected chi connectivity index (χ4v) is 10.7. The molecule has 0 atom stereocenters. The molecule has 80 heavy (non-hydrogen) atoms. The van der Waals surface area contributed by atoms with E-state index in [0.29, 0.717) is 17.5 Å². The Morgan fingerprint density at radius 1 is 0.237 bits per heavy atom. The van der Waals surface area contributed by atoms with Gasteiger partial charge in [-0.25, -0.2) is 15.0 Å². The predicted molar refractivity (Wildman–Crippen MR) is 344 cm³/mol. The van der Waals surface area contributed by atoms with Gasteiger partial charge in [0.2, 0.25) is 0 Å². The van der Waals surface area contributed by atoms with Gasteiger partial charge >= 0.3 is 0 Å². The van der Waals surface area contributed by atoms with Gasteiger partial charge in [0.1, 0.15) is 0 Å². The number of rotatable bonds is 26. The van der Waals surface area contributed by atoms with Crippen LogP contribution in [0.25, 0.3) is 56.4 Å². The van der Waals surface area contributed by atoms with Crippen molar-refractivity contribution in [1.29, 1.82) is 0 Å². The van der Waals surface area contributed by atoms with Gasteiger partial charge in [0.25, 0.3) is 0 Å². The molecular weight excluding hydrogens is 967 g/mol. The largest absolute Gasteiger partial charge is 0.208 e. The van der Waals surface area contributed by atoms with Gasteiger partial charge in [-0.15, -0.1) is 0 Å². The normalized spacial score (nSPS) is 11.1. The van der Waals surface area contributed by atoms with Crippen molar-refractivity contribution in [3.63, 3.8) is 0 Å². The Morgan fingerprint density at radius 2 is 0.487 bits per heavy atom. The standard InChI is InChI=1S/C51H59N3.C26H30/c1-4-5-6-7-8-9-10-11-12-13-16-42-27-33-47(34-28-42)50-52-49(46-29-21-40(3)22-30-46)53-51(54-50)48-37-35-45(36-38-48)44-31-25-43(26-32-44)18-15-14-17-41-23-19-39(2)20-24-41;1-19-9-11-23(12-10-19)7-5-6-8-24-13-15-25(16-14-24)26-18-21(3)20(2)17-22(26)4/h19-38H,4-18H2,1-3H3;9-18H,5-8H2,1-4H3. The van der Waals surface area contributed by atoms with Gasteiger partial charge < -0.3 is 0 Å². The minimum atomic E-state index is 0.692. The van der Waals surface area contributed by atoms with Gasteiger partial charge in [0.15, 0.2) is 17.5 Å². The maximum atomic E-state index is 5.02. The van der Waals surface area contributed by atoms with Crippen LogP contribution in [0, 0.1) is 41.5 Å². The van der Waals surface area contributed by atoms with Crippen molar-refractivity contribution in [2.24, 2.45) is 0 Å². The molecule has 3 heteroatoms. The molecular formula is C77H89N3. The van der Waals surface area contributed by atoms with Gasteiger partial charge in [-0.2, -0.15) is 0 Å². The summed E-state index contributed by atoms with van der Waals surface area (Å²) in [6.45, 7) is 15.3. The van der Waals surface area contributed by atoms with Gasteiger partial charge in [-0.1, -0.05) is 263 Å². The first-order chi connectivity index (χ1) is 39.1. The summed E-state index contributed by atoms with van der Waals surface area (Å²) in [5.41, 5.74) is 23.2.